The van der Waals surface area contributed by atoms with Gasteiger partial charge in [0, 0.05) is 0 Å². The third kappa shape index (κ3) is 5.57. The van der Waals surface area contributed by atoms with Crippen molar-refractivity contribution in [2.75, 3.05) is 13.6 Å². The second kappa shape index (κ2) is 5.24. The number of rotatable bonds is 3. The summed E-state index contributed by atoms with van der Waals surface area (Å²) in [5.74, 6) is 0. The van der Waals surface area contributed by atoms with Gasteiger partial charge in [0.2, 0.25) is 0 Å². The van der Waals surface area contributed by atoms with Crippen LogP contribution in [0.3, 0.4) is 0 Å². The molecule has 0 bridgehead atoms. The lowest BCUT2D eigenvalue weighted by Gasteiger charge is -1.90. The van der Waals surface area contributed by atoms with Crippen molar-refractivity contribution in [3.63, 3.8) is 0 Å². The van der Waals surface area contributed by atoms with E-state index in [0.717, 1.165) is 5.03 Å². The molecule has 56 valence electrons. The molecule has 0 aliphatic rings. The van der Waals surface area contributed by atoms with Gasteiger partial charge in [0.1, 0.15) is 13.8 Å². The Kier molecular flexibility index (Phi) is 4.95. The summed E-state index contributed by atoms with van der Waals surface area (Å²) in [6.07, 6.45) is 5.71. The molecule has 0 unspecified atom stereocenters. The first kappa shape index (κ1) is 9.44. The summed E-state index contributed by atoms with van der Waals surface area (Å²) in [5.41, 5.74) is 0. The molecule has 0 atom stereocenters. The van der Waals surface area contributed by atoms with Crippen LogP contribution >= 0.6 is 11.6 Å². The van der Waals surface area contributed by atoms with Crippen molar-refractivity contribution in [3.05, 3.63) is 23.3 Å². The maximum atomic E-state index is 5.78. The van der Waals surface area contributed by atoms with E-state index >= 15 is 0 Å². The molecule has 0 N–H and O–H groups in total. The number of likely N-dealkylation sites (N-methyl/N-ethyl adjacent to an activating group) is 1. The molecule has 0 rings (SSSR count). The quantitative estimate of drug-likeness (QED) is 0.336. The van der Waals surface area contributed by atoms with Crippen LogP contribution < -0.4 is 0 Å². The fourth-order valence-electron chi connectivity index (χ4n) is 0.511. The van der Waals surface area contributed by atoms with Gasteiger partial charge in [-0.25, -0.2) is 4.58 Å². The van der Waals surface area contributed by atoms with Crippen LogP contribution in [0, 0.1) is 0 Å². The minimum absolute atomic E-state index is 0.700. The Morgan fingerprint density at radius 2 is 2.30 bits per heavy atom. The number of hydrogen-bond donors (Lipinski definition) is 0. The van der Waals surface area contributed by atoms with Gasteiger partial charge in [0.05, 0.1) is 5.03 Å². The maximum absolute atomic E-state index is 5.78. The van der Waals surface area contributed by atoms with E-state index in [1.54, 1.807) is 4.58 Å². The van der Waals surface area contributed by atoms with Crippen LogP contribution in [-0.4, -0.2) is 24.9 Å². The Balaban J connectivity index is 3.82. The second-order valence-electron chi connectivity index (χ2n) is 2.15. The Bertz CT molecular complexity index is 168. The van der Waals surface area contributed by atoms with Crippen LogP contribution in [0.5, 0.6) is 0 Å². The van der Waals surface area contributed by atoms with Gasteiger partial charge in [-0.1, -0.05) is 23.8 Å². The summed E-state index contributed by atoms with van der Waals surface area (Å²) in [4.78, 5) is 0. The first-order valence-corrected chi connectivity index (χ1v) is 3.53. The molecule has 2 heteroatoms. The normalized spacial score (nSPS) is 12.5. The van der Waals surface area contributed by atoms with E-state index in [4.69, 9.17) is 11.6 Å². The summed E-state index contributed by atoms with van der Waals surface area (Å²) in [7, 11) is 1.88. The van der Waals surface area contributed by atoms with E-state index in [-0.39, 0.29) is 0 Å². The highest BCUT2D eigenvalue weighted by Crippen LogP contribution is 1.99. The molecule has 0 fully saturated rings. The molecule has 0 radical (unpaired) electrons. The van der Waals surface area contributed by atoms with Crippen molar-refractivity contribution >= 4 is 18.3 Å². The van der Waals surface area contributed by atoms with Gasteiger partial charge in [-0.15, -0.1) is 0 Å². The SMILES string of the molecule is C=[N+](C)CC(Cl)=CC=CC. The largest absolute Gasteiger partial charge is 0.240 e. The Morgan fingerprint density at radius 1 is 1.70 bits per heavy atom. The molecule has 0 saturated heterocycles. The zero-order valence-corrected chi connectivity index (χ0v) is 7.23. The van der Waals surface area contributed by atoms with E-state index in [0.29, 0.717) is 6.54 Å². The van der Waals surface area contributed by atoms with Gasteiger partial charge < -0.3 is 0 Å². The van der Waals surface area contributed by atoms with Gasteiger partial charge >= 0.3 is 0 Å². The smallest absolute Gasteiger partial charge is 0.177 e. The summed E-state index contributed by atoms with van der Waals surface area (Å²) >= 11 is 5.78. The molecule has 10 heavy (non-hydrogen) atoms. The average molecular weight is 159 g/mol. The summed E-state index contributed by atoms with van der Waals surface area (Å²) < 4.78 is 1.78. The van der Waals surface area contributed by atoms with Crippen LogP contribution in [0.2, 0.25) is 0 Å². The fraction of sp³-hybridized carbons (Fsp3) is 0.375. The zero-order chi connectivity index (χ0) is 7.98. The van der Waals surface area contributed by atoms with Crippen molar-refractivity contribution in [1.29, 1.82) is 0 Å². The minimum Gasteiger partial charge on any atom is -0.240 e. The van der Waals surface area contributed by atoms with Crippen LogP contribution in [0.25, 0.3) is 0 Å². The van der Waals surface area contributed by atoms with Crippen molar-refractivity contribution in [3.8, 4) is 0 Å². The van der Waals surface area contributed by atoms with Gasteiger partial charge in [-0.2, -0.15) is 0 Å². The van der Waals surface area contributed by atoms with Crippen LogP contribution in [0.15, 0.2) is 23.3 Å². The molecular weight excluding hydrogens is 146 g/mol. The predicted molar refractivity (Wildman–Crippen MR) is 46.9 cm³/mol. The number of halogens is 1. The highest BCUT2D eigenvalue weighted by atomic mass is 35.5. The van der Waals surface area contributed by atoms with E-state index in [9.17, 15) is 0 Å². The van der Waals surface area contributed by atoms with Crippen molar-refractivity contribution in [2.45, 2.75) is 6.92 Å². The van der Waals surface area contributed by atoms with E-state index in [1.165, 1.54) is 0 Å². The standard InChI is InChI=1S/C8H13ClN/c1-4-5-6-8(9)7-10(2)3/h4-6H,2,7H2,1,3H3/q+1. The number of hydrogen-bond acceptors (Lipinski definition) is 0. The summed E-state index contributed by atoms with van der Waals surface area (Å²) in [6, 6.07) is 0. The second-order valence-corrected chi connectivity index (χ2v) is 2.64. The highest BCUT2D eigenvalue weighted by Gasteiger charge is 1.94. The van der Waals surface area contributed by atoms with Crippen LogP contribution in [0.1, 0.15) is 6.92 Å². The van der Waals surface area contributed by atoms with Gasteiger partial charge in [-0.3, -0.25) is 0 Å². The van der Waals surface area contributed by atoms with E-state index < -0.39 is 0 Å². The molecule has 0 spiro atoms. The van der Waals surface area contributed by atoms with Gasteiger partial charge in [0.15, 0.2) is 6.54 Å². The molecule has 0 aliphatic heterocycles. The molecule has 0 aromatic rings. The lowest BCUT2D eigenvalue weighted by Crippen LogP contribution is -2.03. The Morgan fingerprint density at radius 3 is 2.70 bits per heavy atom. The minimum atomic E-state index is 0.700. The number of allylic oxidation sites excluding steroid dienone is 3. The van der Waals surface area contributed by atoms with E-state index in [1.807, 2.05) is 32.2 Å². The molecule has 0 amide bonds. The molecule has 0 aromatic carbocycles. The summed E-state index contributed by atoms with van der Waals surface area (Å²) in [5, 5.41) is 0.801. The van der Waals surface area contributed by atoms with Gasteiger partial charge in [-0.05, 0) is 13.0 Å². The third-order valence-corrected chi connectivity index (χ3v) is 1.14. The molecule has 0 aliphatic carbocycles. The monoisotopic (exact) mass is 158 g/mol. The van der Waals surface area contributed by atoms with E-state index in [2.05, 4.69) is 6.72 Å². The first-order chi connectivity index (χ1) is 4.66. The Hall–Kier alpha value is -0.560. The van der Waals surface area contributed by atoms with Crippen LogP contribution in [-0.2, 0) is 0 Å². The zero-order valence-electron chi connectivity index (χ0n) is 6.47. The van der Waals surface area contributed by atoms with Gasteiger partial charge in [0.25, 0.3) is 0 Å². The fourth-order valence-corrected chi connectivity index (χ4v) is 0.788. The molecular formula is C8H13ClN+. The summed E-state index contributed by atoms with van der Waals surface area (Å²) in [6.45, 7) is 6.32. The molecule has 0 heterocycles. The van der Waals surface area contributed by atoms with Crippen LogP contribution in [0.4, 0.5) is 0 Å². The third-order valence-electron chi connectivity index (χ3n) is 0.890. The Labute approximate surface area is 67.3 Å². The lowest BCUT2D eigenvalue weighted by molar-refractivity contribution is -0.478. The molecule has 1 nitrogen and oxygen atoms in total. The highest BCUT2D eigenvalue weighted by molar-refractivity contribution is 6.29. The average Bonchev–Trinajstić information content (AvgIpc) is 1.82. The maximum Gasteiger partial charge on any atom is 0.177 e. The predicted octanol–water partition coefficient (Wildman–Crippen LogP) is 2.03. The van der Waals surface area contributed by atoms with Crippen molar-refractivity contribution < 1.29 is 4.58 Å². The van der Waals surface area contributed by atoms with Crippen molar-refractivity contribution in [2.24, 2.45) is 0 Å². The molecule has 0 saturated carbocycles. The van der Waals surface area contributed by atoms with Crippen molar-refractivity contribution in [1.82, 2.24) is 0 Å². The number of nitrogens with zero attached hydrogens (tertiary/aromatic N) is 1. The lowest BCUT2D eigenvalue weighted by atomic mass is 10.4. The first-order valence-electron chi connectivity index (χ1n) is 3.15. The topological polar surface area (TPSA) is 3.01 Å². The molecule has 0 aromatic heterocycles.